The number of esters is 1. The van der Waals surface area contributed by atoms with Crippen molar-refractivity contribution in [3.63, 3.8) is 0 Å². The molecule has 0 bridgehead atoms. The average Bonchev–Trinajstić information content (AvgIpc) is 2.82. The van der Waals surface area contributed by atoms with Crippen molar-refractivity contribution in [1.82, 2.24) is 4.98 Å². The van der Waals surface area contributed by atoms with Gasteiger partial charge in [0, 0.05) is 16.4 Å². The maximum Gasteiger partial charge on any atom is 0.339 e. The number of nitrogens with two attached hydrogens (primary N) is 1. The Balaban J connectivity index is 2.07. The van der Waals surface area contributed by atoms with Crippen LogP contribution in [-0.2, 0) is 11.3 Å². The lowest BCUT2D eigenvalue weighted by atomic mass is 10.2. The molecule has 2 N–H and O–H groups in total. The second-order valence-electron chi connectivity index (χ2n) is 3.28. The number of rotatable bonds is 3. The molecule has 1 heterocycles. The SMILES string of the molecule is Nc1ccc(Br)c(C(=O)OCc2cncs2)c1. The Morgan fingerprint density at radius 3 is 3.06 bits per heavy atom. The smallest absolute Gasteiger partial charge is 0.339 e. The minimum Gasteiger partial charge on any atom is -0.456 e. The molecule has 0 saturated carbocycles. The van der Waals surface area contributed by atoms with Gasteiger partial charge in [-0.05, 0) is 34.1 Å². The van der Waals surface area contributed by atoms with E-state index in [0.29, 0.717) is 15.7 Å². The van der Waals surface area contributed by atoms with Gasteiger partial charge in [0.05, 0.1) is 16.0 Å². The number of halogens is 1. The molecular weight excluding hydrogens is 304 g/mol. The number of anilines is 1. The summed E-state index contributed by atoms with van der Waals surface area (Å²) in [5, 5.41) is 0. The van der Waals surface area contributed by atoms with E-state index in [1.54, 1.807) is 29.9 Å². The number of hydrogen-bond acceptors (Lipinski definition) is 5. The largest absolute Gasteiger partial charge is 0.456 e. The van der Waals surface area contributed by atoms with Crippen LogP contribution in [0, 0.1) is 0 Å². The predicted octanol–water partition coefficient (Wildman–Crippen LogP) is 2.84. The lowest BCUT2D eigenvalue weighted by Gasteiger charge is -2.05. The van der Waals surface area contributed by atoms with Gasteiger partial charge in [-0.1, -0.05) is 0 Å². The van der Waals surface area contributed by atoms with Crippen LogP contribution in [0.25, 0.3) is 0 Å². The molecule has 2 aromatic rings. The van der Waals surface area contributed by atoms with E-state index < -0.39 is 5.97 Å². The van der Waals surface area contributed by atoms with E-state index in [2.05, 4.69) is 20.9 Å². The van der Waals surface area contributed by atoms with E-state index in [4.69, 9.17) is 10.5 Å². The van der Waals surface area contributed by atoms with Crippen LogP contribution in [-0.4, -0.2) is 11.0 Å². The van der Waals surface area contributed by atoms with Crippen LogP contribution in [0.3, 0.4) is 0 Å². The minimum absolute atomic E-state index is 0.227. The summed E-state index contributed by atoms with van der Waals surface area (Å²) >= 11 is 4.73. The van der Waals surface area contributed by atoms with Gasteiger partial charge in [-0.25, -0.2) is 4.79 Å². The first-order valence-electron chi connectivity index (χ1n) is 4.76. The molecule has 0 fully saturated rings. The first-order valence-corrected chi connectivity index (χ1v) is 6.43. The molecule has 2 rings (SSSR count). The summed E-state index contributed by atoms with van der Waals surface area (Å²) in [6, 6.07) is 5.02. The third kappa shape index (κ3) is 3.04. The first kappa shape index (κ1) is 12.1. The van der Waals surface area contributed by atoms with Gasteiger partial charge in [-0.15, -0.1) is 11.3 Å². The van der Waals surface area contributed by atoms with Crippen molar-refractivity contribution in [3.8, 4) is 0 Å². The van der Waals surface area contributed by atoms with Crippen molar-refractivity contribution < 1.29 is 9.53 Å². The number of carbonyl (C=O) groups excluding carboxylic acids is 1. The molecular formula is C11H9BrN2O2S. The van der Waals surface area contributed by atoms with Crippen LogP contribution >= 0.6 is 27.3 Å². The number of aromatic nitrogens is 1. The van der Waals surface area contributed by atoms with E-state index >= 15 is 0 Å². The molecule has 1 aromatic heterocycles. The number of ether oxygens (including phenoxy) is 1. The summed E-state index contributed by atoms with van der Waals surface area (Å²) < 4.78 is 5.82. The Morgan fingerprint density at radius 2 is 2.35 bits per heavy atom. The second kappa shape index (κ2) is 5.29. The zero-order chi connectivity index (χ0) is 12.3. The van der Waals surface area contributed by atoms with Crippen molar-refractivity contribution in [2.45, 2.75) is 6.61 Å². The quantitative estimate of drug-likeness (QED) is 0.699. The lowest BCUT2D eigenvalue weighted by Crippen LogP contribution is -2.06. The van der Waals surface area contributed by atoms with E-state index in [9.17, 15) is 4.79 Å². The van der Waals surface area contributed by atoms with Crippen LogP contribution in [0.1, 0.15) is 15.2 Å². The van der Waals surface area contributed by atoms with E-state index in [1.165, 1.54) is 11.3 Å². The van der Waals surface area contributed by atoms with Crippen LogP contribution in [0.4, 0.5) is 5.69 Å². The highest BCUT2D eigenvalue weighted by Crippen LogP contribution is 2.21. The van der Waals surface area contributed by atoms with Crippen molar-refractivity contribution >= 4 is 38.9 Å². The third-order valence-corrected chi connectivity index (χ3v) is 3.48. The number of nitrogen functional groups attached to an aromatic ring is 1. The number of hydrogen-bond donors (Lipinski definition) is 1. The van der Waals surface area contributed by atoms with Gasteiger partial charge in [0.25, 0.3) is 0 Å². The van der Waals surface area contributed by atoms with Crippen LogP contribution in [0.5, 0.6) is 0 Å². The Labute approximate surface area is 111 Å². The molecule has 0 saturated heterocycles. The minimum atomic E-state index is -0.405. The van der Waals surface area contributed by atoms with Gasteiger partial charge >= 0.3 is 5.97 Å². The highest BCUT2D eigenvalue weighted by atomic mass is 79.9. The topological polar surface area (TPSA) is 65.2 Å². The maximum absolute atomic E-state index is 11.8. The number of benzene rings is 1. The van der Waals surface area contributed by atoms with Gasteiger partial charge in [-0.2, -0.15) is 0 Å². The second-order valence-corrected chi connectivity index (χ2v) is 5.11. The van der Waals surface area contributed by atoms with E-state index in [1.807, 2.05) is 0 Å². The van der Waals surface area contributed by atoms with Gasteiger partial charge < -0.3 is 10.5 Å². The molecule has 0 aliphatic rings. The summed E-state index contributed by atoms with van der Waals surface area (Å²) in [4.78, 5) is 16.6. The van der Waals surface area contributed by atoms with Crippen LogP contribution in [0.15, 0.2) is 34.4 Å². The Morgan fingerprint density at radius 1 is 1.53 bits per heavy atom. The molecule has 88 valence electrons. The maximum atomic E-state index is 11.8. The molecule has 0 amide bonds. The van der Waals surface area contributed by atoms with Gasteiger partial charge in [0.2, 0.25) is 0 Å². The van der Waals surface area contributed by atoms with Gasteiger partial charge in [-0.3, -0.25) is 4.98 Å². The third-order valence-electron chi connectivity index (χ3n) is 2.04. The first-order chi connectivity index (χ1) is 8.16. The molecule has 6 heteroatoms. The summed E-state index contributed by atoms with van der Waals surface area (Å²) in [6.07, 6.45) is 1.67. The lowest BCUT2D eigenvalue weighted by molar-refractivity contribution is 0.0475. The number of nitrogens with zero attached hydrogens (tertiary/aromatic N) is 1. The summed E-state index contributed by atoms with van der Waals surface area (Å²) in [5.41, 5.74) is 8.26. The fourth-order valence-corrected chi connectivity index (χ4v) is 2.14. The van der Waals surface area contributed by atoms with E-state index in [0.717, 1.165) is 4.88 Å². The molecule has 0 atom stereocenters. The summed E-state index contributed by atoms with van der Waals surface area (Å²) in [7, 11) is 0. The van der Waals surface area contributed by atoms with Crippen molar-refractivity contribution in [2.24, 2.45) is 0 Å². The average molecular weight is 313 g/mol. The van der Waals surface area contributed by atoms with Crippen molar-refractivity contribution in [3.05, 3.63) is 44.8 Å². The van der Waals surface area contributed by atoms with E-state index in [-0.39, 0.29) is 6.61 Å². The highest BCUT2D eigenvalue weighted by molar-refractivity contribution is 9.10. The Bertz CT molecular complexity index is 528. The number of carbonyl (C=O) groups is 1. The standard InChI is InChI=1S/C11H9BrN2O2S/c12-10-2-1-7(13)3-9(10)11(15)16-5-8-4-14-6-17-8/h1-4,6H,5,13H2. The molecule has 1 aromatic carbocycles. The fourth-order valence-electron chi connectivity index (χ4n) is 1.23. The molecule has 17 heavy (non-hydrogen) atoms. The van der Waals surface area contributed by atoms with Gasteiger partial charge in [0.1, 0.15) is 6.61 Å². The summed E-state index contributed by atoms with van der Waals surface area (Å²) in [6.45, 7) is 0.227. The Hall–Kier alpha value is -1.40. The highest BCUT2D eigenvalue weighted by Gasteiger charge is 2.12. The molecule has 0 aliphatic heterocycles. The zero-order valence-corrected chi connectivity index (χ0v) is 11.1. The van der Waals surface area contributed by atoms with Crippen molar-refractivity contribution in [2.75, 3.05) is 5.73 Å². The monoisotopic (exact) mass is 312 g/mol. The fraction of sp³-hybridized carbons (Fsp3) is 0.0909. The normalized spacial score (nSPS) is 10.2. The summed E-state index contributed by atoms with van der Waals surface area (Å²) in [5.74, 6) is -0.405. The Kier molecular flexibility index (Phi) is 3.75. The predicted molar refractivity (Wildman–Crippen MR) is 69.8 cm³/mol. The van der Waals surface area contributed by atoms with Crippen LogP contribution in [0.2, 0.25) is 0 Å². The molecule has 4 nitrogen and oxygen atoms in total. The molecule has 0 radical (unpaired) electrons. The molecule has 0 spiro atoms. The molecule has 0 unspecified atom stereocenters. The number of thiazole rings is 1. The van der Waals surface area contributed by atoms with Crippen molar-refractivity contribution in [1.29, 1.82) is 0 Å². The van der Waals surface area contributed by atoms with Gasteiger partial charge in [0.15, 0.2) is 0 Å². The molecule has 0 aliphatic carbocycles. The zero-order valence-electron chi connectivity index (χ0n) is 8.72. The van der Waals surface area contributed by atoms with Crippen LogP contribution < -0.4 is 5.73 Å².